The third-order valence-electron chi connectivity index (χ3n) is 3.45. The first-order chi connectivity index (χ1) is 9.13. The third kappa shape index (κ3) is 2.45. The molecule has 1 aromatic heterocycles. The first-order valence-electron chi connectivity index (χ1n) is 6.17. The first kappa shape index (κ1) is 12.5. The fraction of sp³-hybridized carbons (Fsp3) is 0.385. The molecule has 0 aliphatic carbocycles. The van der Waals surface area contributed by atoms with Gasteiger partial charge in [0.15, 0.2) is 5.58 Å². The lowest BCUT2D eigenvalue weighted by molar-refractivity contribution is -0.142. The summed E-state index contributed by atoms with van der Waals surface area (Å²) in [6.45, 7) is 1.34. The molecule has 1 N–H and O–H groups in total. The van der Waals surface area contributed by atoms with E-state index >= 15 is 0 Å². The van der Waals surface area contributed by atoms with Crippen LogP contribution in [-0.4, -0.2) is 29.1 Å². The van der Waals surface area contributed by atoms with E-state index in [0.717, 1.165) is 15.6 Å². The Kier molecular flexibility index (Phi) is 3.18. The molecule has 1 aliphatic heterocycles. The number of carboxylic acids is 1. The molecule has 1 fully saturated rings. The fourth-order valence-corrected chi connectivity index (χ4v) is 2.69. The predicted molar refractivity (Wildman–Crippen MR) is 74.3 cm³/mol. The Labute approximate surface area is 118 Å². The number of carbonyl (C=O) groups is 1. The van der Waals surface area contributed by atoms with Crippen LogP contribution in [0.4, 0.5) is 6.01 Å². The first-order valence-corrected chi connectivity index (χ1v) is 6.96. The Hall–Kier alpha value is -1.56. The third-order valence-corrected chi connectivity index (χ3v) is 3.95. The van der Waals surface area contributed by atoms with Gasteiger partial charge in [-0.3, -0.25) is 4.79 Å². The van der Waals surface area contributed by atoms with Crippen LogP contribution in [0.3, 0.4) is 0 Å². The van der Waals surface area contributed by atoms with E-state index in [1.165, 1.54) is 0 Å². The largest absolute Gasteiger partial charge is 0.481 e. The SMILES string of the molecule is O=C(O)C1CCN(c2nc3cc(Br)ccc3o2)CC1. The Balaban J connectivity index is 1.80. The highest BCUT2D eigenvalue weighted by atomic mass is 79.9. The highest BCUT2D eigenvalue weighted by molar-refractivity contribution is 9.10. The van der Waals surface area contributed by atoms with Crippen LogP contribution in [-0.2, 0) is 4.79 Å². The van der Waals surface area contributed by atoms with Crippen molar-refractivity contribution in [1.82, 2.24) is 4.98 Å². The van der Waals surface area contributed by atoms with Gasteiger partial charge in [-0.1, -0.05) is 15.9 Å². The van der Waals surface area contributed by atoms with Crippen LogP contribution in [0, 0.1) is 5.92 Å². The number of piperidine rings is 1. The quantitative estimate of drug-likeness (QED) is 0.920. The van der Waals surface area contributed by atoms with Gasteiger partial charge >= 0.3 is 5.97 Å². The monoisotopic (exact) mass is 324 g/mol. The molecule has 2 aromatic rings. The summed E-state index contributed by atoms with van der Waals surface area (Å²) in [5.41, 5.74) is 1.56. The molecule has 1 aliphatic rings. The average molecular weight is 325 g/mol. The minimum atomic E-state index is -0.707. The lowest BCUT2D eigenvalue weighted by Gasteiger charge is -2.28. The molecule has 0 bridgehead atoms. The molecular weight excluding hydrogens is 312 g/mol. The maximum absolute atomic E-state index is 10.9. The zero-order chi connectivity index (χ0) is 13.4. The van der Waals surface area contributed by atoms with Gasteiger partial charge in [-0.15, -0.1) is 0 Å². The maximum Gasteiger partial charge on any atom is 0.306 e. The molecule has 3 rings (SSSR count). The van der Waals surface area contributed by atoms with Gasteiger partial charge in [0.25, 0.3) is 6.01 Å². The number of hydrogen-bond acceptors (Lipinski definition) is 4. The molecule has 0 atom stereocenters. The lowest BCUT2D eigenvalue weighted by Crippen LogP contribution is -2.36. The molecule has 19 heavy (non-hydrogen) atoms. The molecule has 6 heteroatoms. The molecule has 2 heterocycles. The number of halogens is 1. The van der Waals surface area contributed by atoms with E-state index in [1.807, 2.05) is 23.1 Å². The minimum Gasteiger partial charge on any atom is -0.481 e. The van der Waals surface area contributed by atoms with E-state index in [9.17, 15) is 4.79 Å². The van der Waals surface area contributed by atoms with Crippen molar-refractivity contribution < 1.29 is 14.3 Å². The molecule has 1 aromatic carbocycles. The number of carboxylic acid groups (broad SMARTS) is 1. The van der Waals surface area contributed by atoms with Gasteiger partial charge in [0.1, 0.15) is 5.52 Å². The molecular formula is C13H13BrN2O3. The smallest absolute Gasteiger partial charge is 0.306 e. The van der Waals surface area contributed by atoms with Crippen molar-refractivity contribution in [2.75, 3.05) is 18.0 Å². The molecule has 0 saturated carbocycles. The van der Waals surface area contributed by atoms with E-state index in [4.69, 9.17) is 9.52 Å². The molecule has 0 unspecified atom stereocenters. The molecule has 100 valence electrons. The number of hydrogen-bond donors (Lipinski definition) is 1. The van der Waals surface area contributed by atoms with E-state index in [0.29, 0.717) is 31.9 Å². The Morgan fingerprint density at radius 1 is 1.42 bits per heavy atom. The van der Waals surface area contributed by atoms with Crippen LogP contribution < -0.4 is 4.90 Å². The second-order valence-corrected chi connectivity index (χ2v) is 5.62. The Morgan fingerprint density at radius 2 is 2.16 bits per heavy atom. The zero-order valence-corrected chi connectivity index (χ0v) is 11.8. The topological polar surface area (TPSA) is 66.6 Å². The van der Waals surface area contributed by atoms with Gasteiger partial charge in [-0.25, -0.2) is 0 Å². The van der Waals surface area contributed by atoms with Crippen LogP contribution in [0.2, 0.25) is 0 Å². The number of nitrogens with zero attached hydrogens (tertiary/aromatic N) is 2. The van der Waals surface area contributed by atoms with E-state index in [2.05, 4.69) is 20.9 Å². The van der Waals surface area contributed by atoms with Gasteiger partial charge in [0.05, 0.1) is 5.92 Å². The molecule has 1 saturated heterocycles. The van der Waals surface area contributed by atoms with Crippen LogP contribution >= 0.6 is 15.9 Å². The number of fused-ring (bicyclic) bond motifs is 1. The van der Waals surface area contributed by atoms with Gasteiger partial charge in [0.2, 0.25) is 0 Å². The summed E-state index contributed by atoms with van der Waals surface area (Å²) in [5.74, 6) is -0.948. The fourth-order valence-electron chi connectivity index (χ4n) is 2.34. The van der Waals surface area contributed by atoms with E-state index in [1.54, 1.807) is 0 Å². The van der Waals surface area contributed by atoms with E-state index < -0.39 is 5.97 Å². The Bertz CT molecular complexity index is 617. The number of benzene rings is 1. The van der Waals surface area contributed by atoms with Crippen molar-refractivity contribution >= 4 is 39.0 Å². The number of rotatable bonds is 2. The van der Waals surface area contributed by atoms with E-state index in [-0.39, 0.29) is 5.92 Å². The van der Waals surface area contributed by atoms with Crippen molar-refractivity contribution in [3.63, 3.8) is 0 Å². The van der Waals surface area contributed by atoms with Crippen LogP contribution in [0.25, 0.3) is 11.1 Å². The minimum absolute atomic E-state index is 0.241. The van der Waals surface area contributed by atoms with Crippen LogP contribution in [0.1, 0.15) is 12.8 Å². The molecule has 0 amide bonds. The van der Waals surface area contributed by atoms with Gasteiger partial charge in [0, 0.05) is 17.6 Å². The summed E-state index contributed by atoms with van der Waals surface area (Å²) in [6, 6.07) is 6.28. The maximum atomic E-state index is 10.9. The second kappa shape index (κ2) is 4.85. The summed E-state index contributed by atoms with van der Waals surface area (Å²) in [7, 11) is 0. The summed E-state index contributed by atoms with van der Waals surface area (Å²) in [4.78, 5) is 17.4. The lowest BCUT2D eigenvalue weighted by atomic mass is 9.97. The molecule has 0 spiro atoms. The predicted octanol–water partition coefficient (Wildman–Crippen LogP) is 2.89. The number of aromatic nitrogens is 1. The van der Waals surface area contributed by atoms with Crippen LogP contribution in [0.5, 0.6) is 0 Å². The van der Waals surface area contributed by atoms with Crippen molar-refractivity contribution in [3.8, 4) is 0 Å². The highest BCUT2D eigenvalue weighted by Gasteiger charge is 2.26. The van der Waals surface area contributed by atoms with Crippen molar-refractivity contribution in [2.24, 2.45) is 5.92 Å². The summed E-state index contributed by atoms with van der Waals surface area (Å²) >= 11 is 3.40. The van der Waals surface area contributed by atoms with Gasteiger partial charge in [-0.05, 0) is 31.0 Å². The number of oxazole rings is 1. The summed E-state index contributed by atoms with van der Waals surface area (Å²) in [6.07, 6.45) is 1.27. The van der Waals surface area contributed by atoms with Gasteiger partial charge in [-0.2, -0.15) is 4.98 Å². The van der Waals surface area contributed by atoms with Crippen molar-refractivity contribution in [2.45, 2.75) is 12.8 Å². The Morgan fingerprint density at radius 3 is 2.84 bits per heavy atom. The number of aliphatic carboxylic acids is 1. The highest BCUT2D eigenvalue weighted by Crippen LogP contribution is 2.27. The van der Waals surface area contributed by atoms with Crippen LogP contribution in [0.15, 0.2) is 27.1 Å². The van der Waals surface area contributed by atoms with Gasteiger partial charge < -0.3 is 14.4 Å². The molecule has 5 nitrogen and oxygen atoms in total. The van der Waals surface area contributed by atoms with Crippen molar-refractivity contribution in [1.29, 1.82) is 0 Å². The second-order valence-electron chi connectivity index (χ2n) is 4.71. The summed E-state index contributed by atoms with van der Waals surface area (Å²) in [5, 5.41) is 8.98. The zero-order valence-electron chi connectivity index (χ0n) is 10.2. The average Bonchev–Trinajstić information content (AvgIpc) is 2.81. The summed E-state index contributed by atoms with van der Waals surface area (Å²) < 4.78 is 6.67. The normalized spacial score (nSPS) is 17.0. The molecule has 0 radical (unpaired) electrons. The number of anilines is 1. The van der Waals surface area contributed by atoms with Crippen molar-refractivity contribution in [3.05, 3.63) is 22.7 Å². The standard InChI is InChI=1S/C13H13BrN2O3/c14-9-1-2-11-10(7-9)15-13(19-11)16-5-3-8(4-6-16)12(17)18/h1-2,7-8H,3-6H2,(H,17,18).